The number of nitrogens with one attached hydrogen (secondary N) is 1. The molecule has 0 spiro atoms. The first kappa shape index (κ1) is 13.5. The van der Waals surface area contributed by atoms with E-state index in [1.165, 1.54) is 0 Å². The van der Waals surface area contributed by atoms with Gasteiger partial charge in [0.25, 0.3) is 0 Å². The van der Waals surface area contributed by atoms with E-state index in [0.717, 1.165) is 32.5 Å². The second-order valence-corrected chi connectivity index (χ2v) is 4.85. The van der Waals surface area contributed by atoms with Gasteiger partial charge in [0.1, 0.15) is 0 Å². The van der Waals surface area contributed by atoms with Crippen molar-refractivity contribution >= 4 is 5.91 Å². The first-order chi connectivity index (χ1) is 7.61. The van der Waals surface area contributed by atoms with Gasteiger partial charge in [-0.15, -0.1) is 0 Å². The molecule has 0 aromatic carbocycles. The average molecular weight is 228 g/mol. The zero-order chi connectivity index (χ0) is 12.0. The quantitative estimate of drug-likeness (QED) is 0.657. The first-order valence-corrected chi connectivity index (χ1v) is 6.17. The number of carbonyl (C=O) groups excluding carboxylic acids is 1. The van der Waals surface area contributed by atoms with Crippen molar-refractivity contribution < 1.29 is 9.53 Å². The van der Waals surface area contributed by atoms with Crippen molar-refractivity contribution in [1.82, 2.24) is 10.2 Å². The number of likely N-dealkylation sites (tertiary alicyclic amines) is 1. The Morgan fingerprint density at radius 3 is 2.81 bits per heavy atom. The van der Waals surface area contributed by atoms with Gasteiger partial charge in [-0.2, -0.15) is 0 Å². The molecule has 94 valence electrons. The molecule has 1 fully saturated rings. The lowest BCUT2D eigenvalue weighted by atomic mass is 10.1. The third-order valence-electron chi connectivity index (χ3n) is 2.90. The molecular formula is C12H24N2O2. The lowest BCUT2D eigenvalue weighted by Crippen LogP contribution is -2.38. The molecule has 1 heterocycles. The van der Waals surface area contributed by atoms with Crippen molar-refractivity contribution in [2.75, 3.05) is 33.4 Å². The number of ether oxygens (including phenoxy) is 1. The van der Waals surface area contributed by atoms with Gasteiger partial charge in [-0.05, 0) is 18.8 Å². The molecule has 1 aliphatic heterocycles. The standard InChI is InChI=1S/C12H24N2O2/c1-10(2)5-8-16-9-6-13-11-4-7-14(3)12(11)15/h10-11,13H,4-9H2,1-3H3. The molecule has 0 radical (unpaired) electrons. The summed E-state index contributed by atoms with van der Waals surface area (Å²) < 4.78 is 5.48. The highest BCUT2D eigenvalue weighted by atomic mass is 16.5. The van der Waals surface area contributed by atoms with Crippen LogP contribution in [0.1, 0.15) is 26.7 Å². The zero-order valence-electron chi connectivity index (χ0n) is 10.7. The molecule has 1 aliphatic rings. The van der Waals surface area contributed by atoms with E-state index in [9.17, 15) is 4.79 Å². The maximum Gasteiger partial charge on any atom is 0.239 e. The van der Waals surface area contributed by atoms with E-state index in [-0.39, 0.29) is 11.9 Å². The average Bonchev–Trinajstić information content (AvgIpc) is 2.54. The van der Waals surface area contributed by atoms with Crippen molar-refractivity contribution in [2.45, 2.75) is 32.7 Å². The fourth-order valence-corrected chi connectivity index (χ4v) is 1.74. The topological polar surface area (TPSA) is 41.6 Å². The Kier molecular flexibility index (Phi) is 5.77. The highest BCUT2D eigenvalue weighted by Crippen LogP contribution is 2.07. The summed E-state index contributed by atoms with van der Waals surface area (Å²) in [4.78, 5) is 13.3. The predicted molar refractivity (Wildman–Crippen MR) is 64.3 cm³/mol. The summed E-state index contributed by atoms with van der Waals surface area (Å²) in [6.45, 7) is 7.52. The number of amides is 1. The van der Waals surface area contributed by atoms with Crippen molar-refractivity contribution in [1.29, 1.82) is 0 Å². The van der Waals surface area contributed by atoms with Crippen LogP contribution in [0.5, 0.6) is 0 Å². The van der Waals surface area contributed by atoms with E-state index < -0.39 is 0 Å². The van der Waals surface area contributed by atoms with Crippen molar-refractivity contribution in [3.05, 3.63) is 0 Å². The molecule has 0 bridgehead atoms. The number of hydrogen-bond donors (Lipinski definition) is 1. The van der Waals surface area contributed by atoms with E-state index in [4.69, 9.17) is 4.74 Å². The Hall–Kier alpha value is -0.610. The van der Waals surface area contributed by atoms with Crippen LogP contribution in [0.2, 0.25) is 0 Å². The van der Waals surface area contributed by atoms with E-state index in [2.05, 4.69) is 19.2 Å². The summed E-state index contributed by atoms with van der Waals surface area (Å²) >= 11 is 0. The minimum atomic E-state index is 0.0127. The summed E-state index contributed by atoms with van der Waals surface area (Å²) in [7, 11) is 1.85. The van der Waals surface area contributed by atoms with Crippen molar-refractivity contribution in [3.8, 4) is 0 Å². The Balaban J connectivity index is 1.97. The molecule has 0 aromatic rings. The summed E-state index contributed by atoms with van der Waals surface area (Å²) in [5.41, 5.74) is 0. The van der Waals surface area contributed by atoms with E-state index in [1.54, 1.807) is 4.90 Å². The fourth-order valence-electron chi connectivity index (χ4n) is 1.74. The monoisotopic (exact) mass is 228 g/mol. The molecule has 1 amide bonds. The van der Waals surface area contributed by atoms with Crippen molar-refractivity contribution in [2.24, 2.45) is 5.92 Å². The molecule has 1 unspecified atom stereocenters. The smallest absolute Gasteiger partial charge is 0.239 e. The van der Waals surface area contributed by atoms with Crippen LogP contribution >= 0.6 is 0 Å². The van der Waals surface area contributed by atoms with Gasteiger partial charge in [0, 0.05) is 26.7 Å². The Labute approximate surface area is 98.3 Å². The van der Waals surface area contributed by atoms with Gasteiger partial charge in [0.15, 0.2) is 0 Å². The fraction of sp³-hybridized carbons (Fsp3) is 0.917. The second kappa shape index (κ2) is 6.86. The third-order valence-corrected chi connectivity index (χ3v) is 2.90. The normalized spacial score (nSPS) is 21.1. The Morgan fingerprint density at radius 1 is 1.50 bits per heavy atom. The molecule has 0 aromatic heterocycles. The predicted octanol–water partition coefficient (Wildman–Crippen LogP) is 0.869. The first-order valence-electron chi connectivity index (χ1n) is 6.17. The van der Waals surface area contributed by atoms with Gasteiger partial charge < -0.3 is 15.0 Å². The van der Waals surface area contributed by atoms with Gasteiger partial charge in [0.2, 0.25) is 5.91 Å². The summed E-state index contributed by atoms with van der Waals surface area (Å²) in [5, 5.41) is 3.23. The molecule has 1 saturated heterocycles. The molecule has 0 saturated carbocycles. The number of rotatable bonds is 7. The van der Waals surface area contributed by atoms with Crippen LogP contribution in [-0.4, -0.2) is 50.2 Å². The summed E-state index contributed by atoms with van der Waals surface area (Å²) in [6, 6.07) is 0.0127. The zero-order valence-corrected chi connectivity index (χ0v) is 10.7. The SMILES string of the molecule is CC(C)CCOCCNC1CCN(C)C1=O. The van der Waals surface area contributed by atoms with Gasteiger partial charge in [0.05, 0.1) is 12.6 Å². The largest absolute Gasteiger partial charge is 0.380 e. The Morgan fingerprint density at radius 2 is 2.25 bits per heavy atom. The van der Waals surface area contributed by atoms with Gasteiger partial charge in [-0.25, -0.2) is 0 Å². The van der Waals surface area contributed by atoms with E-state index >= 15 is 0 Å². The molecule has 1 N–H and O–H groups in total. The lowest BCUT2D eigenvalue weighted by Gasteiger charge is -2.12. The molecule has 1 rings (SSSR count). The molecule has 16 heavy (non-hydrogen) atoms. The molecule has 1 atom stereocenters. The van der Waals surface area contributed by atoms with Crippen LogP contribution in [0.4, 0.5) is 0 Å². The minimum Gasteiger partial charge on any atom is -0.380 e. The highest BCUT2D eigenvalue weighted by Gasteiger charge is 2.27. The number of carbonyl (C=O) groups is 1. The van der Waals surface area contributed by atoms with Gasteiger partial charge >= 0.3 is 0 Å². The second-order valence-electron chi connectivity index (χ2n) is 4.85. The highest BCUT2D eigenvalue weighted by molar-refractivity contribution is 5.83. The molecule has 0 aliphatic carbocycles. The van der Waals surface area contributed by atoms with Crippen LogP contribution in [0, 0.1) is 5.92 Å². The lowest BCUT2D eigenvalue weighted by molar-refractivity contribution is -0.128. The van der Waals surface area contributed by atoms with Crippen LogP contribution in [0.3, 0.4) is 0 Å². The maximum absolute atomic E-state index is 11.5. The number of likely N-dealkylation sites (N-methyl/N-ethyl adjacent to an activating group) is 1. The minimum absolute atomic E-state index is 0.0127. The number of nitrogens with zero attached hydrogens (tertiary/aromatic N) is 1. The summed E-state index contributed by atoms with van der Waals surface area (Å²) in [6.07, 6.45) is 2.02. The van der Waals surface area contributed by atoms with E-state index in [0.29, 0.717) is 12.5 Å². The molecular weight excluding hydrogens is 204 g/mol. The molecule has 4 nitrogen and oxygen atoms in total. The Bertz CT molecular complexity index is 219. The van der Waals surface area contributed by atoms with Crippen LogP contribution in [-0.2, 0) is 9.53 Å². The maximum atomic E-state index is 11.5. The third kappa shape index (κ3) is 4.49. The molecule has 4 heteroatoms. The van der Waals surface area contributed by atoms with Gasteiger partial charge in [-0.3, -0.25) is 4.79 Å². The van der Waals surface area contributed by atoms with Crippen LogP contribution in [0.15, 0.2) is 0 Å². The number of hydrogen-bond acceptors (Lipinski definition) is 3. The van der Waals surface area contributed by atoms with Crippen LogP contribution < -0.4 is 5.32 Å². The summed E-state index contributed by atoms with van der Waals surface area (Å²) in [5.74, 6) is 0.903. The van der Waals surface area contributed by atoms with E-state index in [1.807, 2.05) is 7.05 Å². The van der Waals surface area contributed by atoms with Gasteiger partial charge in [-0.1, -0.05) is 13.8 Å². The van der Waals surface area contributed by atoms with Crippen molar-refractivity contribution in [3.63, 3.8) is 0 Å². The van der Waals surface area contributed by atoms with Crippen LogP contribution in [0.25, 0.3) is 0 Å².